The van der Waals surface area contributed by atoms with Gasteiger partial charge in [0.1, 0.15) is 23.8 Å². The van der Waals surface area contributed by atoms with E-state index in [1.807, 2.05) is 31.2 Å². The number of carboxylic acid groups (broad SMARTS) is 1. The summed E-state index contributed by atoms with van der Waals surface area (Å²) in [5.74, 6) is 5.35. The summed E-state index contributed by atoms with van der Waals surface area (Å²) in [6.45, 7) is 4.98. The molecule has 7 heteroatoms. The van der Waals surface area contributed by atoms with Crippen molar-refractivity contribution in [1.29, 1.82) is 0 Å². The van der Waals surface area contributed by atoms with Crippen molar-refractivity contribution >= 4 is 5.97 Å². The molecule has 0 amide bonds. The molecule has 38 heavy (non-hydrogen) atoms. The summed E-state index contributed by atoms with van der Waals surface area (Å²) in [7, 11) is 0. The van der Waals surface area contributed by atoms with Crippen molar-refractivity contribution < 1.29 is 28.5 Å². The highest BCUT2D eigenvalue weighted by molar-refractivity contribution is 5.72. The summed E-state index contributed by atoms with van der Waals surface area (Å²) >= 11 is 0. The van der Waals surface area contributed by atoms with Gasteiger partial charge in [-0.3, -0.25) is 4.79 Å². The first-order valence-corrected chi connectivity index (χ1v) is 12.9. The number of aliphatic carboxylic acids is 1. The number of nitrogens with zero attached hydrogens (tertiary/aromatic N) is 1. The highest BCUT2D eigenvalue weighted by Crippen LogP contribution is 2.42. The van der Waals surface area contributed by atoms with E-state index in [0.717, 1.165) is 34.2 Å². The van der Waals surface area contributed by atoms with E-state index in [2.05, 4.69) is 16.8 Å². The minimum atomic E-state index is -0.900. The predicted molar refractivity (Wildman–Crippen MR) is 141 cm³/mol. The molecule has 196 valence electrons. The predicted octanol–water partition coefficient (Wildman–Crippen LogP) is 6.01. The van der Waals surface area contributed by atoms with E-state index in [1.54, 1.807) is 25.3 Å². The Balaban J connectivity index is 1.36. The van der Waals surface area contributed by atoms with Crippen molar-refractivity contribution in [3.63, 3.8) is 0 Å². The van der Waals surface area contributed by atoms with E-state index < -0.39 is 12.1 Å². The van der Waals surface area contributed by atoms with Gasteiger partial charge in [-0.15, -0.1) is 5.92 Å². The Labute approximate surface area is 221 Å². The number of aryl methyl sites for hydroxylation is 1. The maximum Gasteiger partial charge on any atom is 0.304 e. The highest BCUT2D eigenvalue weighted by Gasteiger charge is 2.31. The lowest BCUT2D eigenvalue weighted by Gasteiger charge is -2.18. The van der Waals surface area contributed by atoms with Gasteiger partial charge in [0, 0.05) is 29.8 Å². The molecule has 1 N–H and O–H groups in total. The van der Waals surface area contributed by atoms with Crippen LogP contribution in [0.2, 0.25) is 0 Å². The number of halogens is 1. The van der Waals surface area contributed by atoms with Gasteiger partial charge in [-0.1, -0.05) is 24.1 Å². The van der Waals surface area contributed by atoms with Crippen LogP contribution in [-0.4, -0.2) is 35.4 Å². The Morgan fingerprint density at radius 1 is 1.18 bits per heavy atom. The first-order chi connectivity index (χ1) is 18.4. The number of aromatic nitrogens is 1. The van der Waals surface area contributed by atoms with Crippen LogP contribution in [0.25, 0.3) is 11.1 Å². The highest BCUT2D eigenvalue weighted by atomic mass is 19.1. The molecule has 3 atom stereocenters. The van der Waals surface area contributed by atoms with Gasteiger partial charge in [-0.05, 0) is 67.1 Å². The maximum absolute atomic E-state index is 15.1. The molecule has 2 aliphatic rings. The van der Waals surface area contributed by atoms with Crippen molar-refractivity contribution in [2.45, 2.75) is 57.7 Å². The van der Waals surface area contributed by atoms with Crippen LogP contribution in [0.1, 0.15) is 60.5 Å². The van der Waals surface area contributed by atoms with E-state index in [9.17, 15) is 9.90 Å². The second kappa shape index (κ2) is 11.2. The largest absolute Gasteiger partial charge is 0.486 e. The van der Waals surface area contributed by atoms with E-state index in [-0.39, 0.29) is 24.3 Å². The molecule has 6 nitrogen and oxygen atoms in total. The zero-order valence-corrected chi connectivity index (χ0v) is 21.5. The molecule has 3 aromatic rings. The molecule has 1 unspecified atom stereocenters. The van der Waals surface area contributed by atoms with Crippen molar-refractivity contribution in [2.24, 2.45) is 0 Å². The third-order valence-electron chi connectivity index (χ3n) is 7.09. The summed E-state index contributed by atoms with van der Waals surface area (Å²) < 4.78 is 32.7. The summed E-state index contributed by atoms with van der Waals surface area (Å²) in [5.41, 5.74) is 5.24. The van der Waals surface area contributed by atoms with Gasteiger partial charge < -0.3 is 19.3 Å². The molecule has 2 heterocycles. The molecule has 0 bridgehead atoms. The number of carbonyl (C=O) groups is 1. The minimum absolute atomic E-state index is 0.0254. The molecular formula is C31H30FNO5. The summed E-state index contributed by atoms with van der Waals surface area (Å²) in [6.07, 6.45) is 3.54. The SMILES string of the molecule is CC#CC(CC(=O)O)c1ccc(O[C@@H]2CCc3c(-c4cnc(O[C@@H]5CCOC5)cc4C)ccc(F)c32)cc1. The Kier molecular flexibility index (Phi) is 7.62. The van der Waals surface area contributed by atoms with Crippen LogP contribution < -0.4 is 9.47 Å². The molecule has 1 aliphatic heterocycles. The van der Waals surface area contributed by atoms with Crippen LogP contribution in [0, 0.1) is 24.6 Å². The number of fused-ring (bicyclic) bond motifs is 1. The van der Waals surface area contributed by atoms with E-state index in [4.69, 9.17) is 14.2 Å². The Bertz CT molecular complexity index is 1390. The first-order valence-electron chi connectivity index (χ1n) is 12.9. The second-order valence-electron chi connectivity index (χ2n) is 9.69. The maximum atomic E-state index is 15.1. The van der Waals surface area contributed by atoms with E-state index >= 15 is 4.39 Å². The molecule has 0 radical (unpaired) electrons. The number of hydrogen-bond donors (Lipinski definition) is 1. The van der Waals surface area contributed by atoms with Crippen LogP contribution in [0.15, 0.2) is 48.7 Å². The fourth-order valence-corrected chi connectivity index (χ4v) is 5.24. The lowest BCUT2D eigenvalue weighted by atomic mass is 9.94. The Morgan fingerprint density at radius 3 is 2.68 bits per heavy atom. The minimum Gasteiger partial charge on any atom is -0.486 e. The third-order valence-corrected chi connectivity index (χ3v) is 7.09. The van der Waals surface area contributed by atoms with E-state index in [0.29, 0.717) is 43.2 Å². The van der Waals surface area contributed by atoms with Gasteiger partial charge in [0.15, 0.2) is 0 Å². The van der Waals surface area contributed by atoms with Crippen molar-refractivity contribution in [2.75, 3.05) is 13.2 Å². The monoisotopic (exact) mass is 515 g/mol. The van der Waals surface area contributed by atoms with Gasteiger partial charge in [0.2, 0.25) is 5.88 Å². The molecule has 2 aromatic carbocycles. The third kappa shape index (κ3) is 5.51. The molecule has 5 rings (SSSR count). The molecule has 0 spiro atoms. The van der Waals surface area contributed by atoms with Crippen molar-refractivity contribution in [1.82, 2.24) is 4.98 Å². The van der Waals surface area contributed by atoms with Crippen molar-refractivity contribution in [3.05, 3.63) is 76.7 Å². The van der Waals surface area contributed by atoms with Crippen LogP contribution in [0.4, 0.5) is 4.39 Å². The molecule has 0 saturated carbocycles. The summed E-state index contributed by atoms with van der Waals surface area (Å²) in [6, 6.07) is 12.5. The van der Waals surface area contributed by atoms with E-state index in [1.165, 1.54) is 6.07 Å². The summed E-state index contributed by atoms with van der Waals surface area (Å²) in [5, 5.41) is 9.19. The Hall–Kier alpha value is -3.89. The van der Waals surface area contributed by atoms with Gasteiger partial charge in [-0.2, -0.15) is 0 Å². The van der Waals surface area contributed by atoms with Gasteiger partial charge in [0.25, 0.3) is 0 Å². The number of ether oxygens (including phenoxy) is 3. The zero-order chi connectivity index (χ0) is 26.6. The lowest BCUT2D eigenvalue weighted by Crippen LogP contribution is -2.16. The molecule has 1 fully saturated rings. The van der Waals surface area contributed by atoms with Crippen LogP contribution in [0.3, 0.4) is 0 Å². The molecule has 1 saturated heterocycles. The number of pyridine rings is 1. The topological polar surface area (TPSA) is 77.9 Å². The first kappa shape index (κ1) is 25.7. The smallest absolute Gasteiger partial charge is 0.304 e. The van der Waals surface area contributed by atoms with Gasteiger partial charge >= 0.3 is 5.97 Å². The average Bonchev–Trinajstić information content (AvgIpc) is 3.56. The standard InChI is InChI=1S/C31H30FNO5/c1-3-4-21(16-30(34)35)20-5-7-22(8-6-20)37-28-12-10-25-24(9-11-27(32)31(25)28)26-17-33-29(15-19(26)2)38-23-13-14-36-18-23/h5-9,11,15,17,21,23,28H,10,12-14,16,18H2,1-2H3,(H,34,35)/t21?,23-,28-/m1/s1. The van der Waals surface area contributed by atoms with Crippen molar-refractivity contribution in [3.8, 4) is 34.6 Å². The normalized spacial score (nSPS) is 18.8. The number of hydrogen-bond acceptors (Lipinski definition) is 5. The molecule has 1 aliphatic carbocycles. The second-order valence-corrected chi connectivity index (χ2v) is 9.69. The van der Waals surface area contributed by atoms with Crippen LogP contribution >= 0.6 is 0 Å². The fourth-order valence-electron chi connectivity index (χ4n) is 5.24. The van der Waals surface area contributed by atoms with Crippen LogP contribution in [0.5, 0.6) is 11.6 Å². The van der Waals surface area contributed by atoms with Gasteiger partial charge in [0.05, 0.1) is 25.6 Å². The number of benzene rings is 2. The lowest BCUT2D eigenvalue weighted by molar-refractivity contribution is -0.137. The number of rotatable bonds is 8. The summed E-state index contributed by atoms with van der Waals surface area (Å²) in [4.78, 5) is 15.7. The van der Waals surface area contributed by atoms with Gasteiger partial charge in [-0.25, -0.2) is 9.37 Å². The van der Waals surface area contributed by atoms with Crippen LogP contribution in [-0.2, 0) is 16.0 Å². The zero-order valence-electron chi connectivity index (χ0n) is 21.5. The fraction of sp³-hybridized carbons (Fsp3) is 0.355. The Morgan fingerprint density at radius 2 is 2.00 bits per heavy atom. The number of carboxylic acids is 1. The molecule has 1 aromatic heterocycles. The average molecular weight is 516 g/mol. The molecular weight excluding hydrogens is 485 g/mol. The quantitative estimate of drug-likeness (QED) is 0.370.